The Morgan fingerprint density at radius 2 is 1.71 bits per heavy atom. The predicted octanol–water partition coefficient (Wildman–Crippen LogP) is 3.25. The molecular formula is C24H26ClN3O6. The molecule has 2 aromatic carbocycles. The lowest BCUT2D eigenvalue weighted by Crippen LogP contribution is -2.56. The summed E-state index contributed by atoms with van der Waals surface area (Å²) in [7, 11) is 0. The second-order valence-corrected chi connectivity index (χ2v) is 8.04. The largest absolute Gasteiger partial charge is 0.480 e. The fourth-order valence-electron chi connectivity index (χ4n) is 2.77. The van der Waals surface area contributed by atoms with Crippen molar-refractivity contribution in [3.05, 3.63) is 76.8 Å². The third-order valence-corrected chi connectivity index (χ3v) is 4.78. The molecule has 0 aliphatic heterocycles. The number of benzene rings is 2. The topological polar surface area (TPSA) is 125 Å². The van der Waals surface area contributed by atoms with Crippen molar-refractivity contribution in [2.75, 3.05) is 6.54 Å². The summed E-state index contributed by atoms with van der Waals surface area (Å²) in [6, 6.07) is 14.5. The number of hydrogen-bond donors (Lipinski definition) is 3. The van der Waals surface area contributed by atoms with Crippen LogP contribution in [-0.2, 0) is 25.7 Å². The van der Waals surface area contributed by atoms with Gasteiger partial charge >= 0.3 is 12.1 Å². The van der Waals surface area contributed by atoms with Gasteiger partial charge in [0.15, 0.2) is 0 Å². The maximum absolute atomic E-state index is 12.8. The van der Waals surface area contributed by atoms with E-state index in [9.17, 15) is 19.2 Å². The minimum atomic E-state index is -1.33. The normalized spacial score (nSPS) is 11.6. The third-order valence-electron chi connectivity index (χ3n) is 4.53. The molecule has 0 fully saturated rings. The molecule has 0 aliphatic carbocycles. The van der Waals surface area contributed by atoms with Gasteiger partial charge in [-0.2, -0.15) is 0 Å². The molecule has 180 valence electrons. The van der Waals surface area contributed by atoms with Gasteiger partial charge in [0.1, 0.15) is 19.2 Å². The van der Waals surface area contributed by atoms with Crippen LogP contribution in [-0.4, -0.2) is 46.6 Å². The number of nitrogens with one attached hydrogen (secondary N) is 2. The van der Waals surface area contributed by atoms with Gasteiger partial charge in [-0.15, -0.1) is 0 Å². The first-order chi connectivity index (χ1) is 16.2. The molecule has 0 heterocycles. The highest BCUT2D eigenvalue weighted by Crippen LogP contribution is 2.11. The Hall–Kier alpha value is -3.85. The van der Waals surface area contributed by atoms with Gasteiger partial charge in [-0.25, -0.2) is 9.80 Å². The van der Waals surface area contributed by atoms with E-state index in [0.29, 0.717) is 15.6 Å². The Balaban J connectivity index is 2.03. The monoisotopic (exact) mass is 487 g/mol. The van der Waals surface area contributed by atoms with Crippen LogP contribution in [0.15, 0.2) is 60.7 Å². The van der Waals surface area contributed by atoms with Crippen molar-refractivity contribution in [3.8, 4) is 0 Å². The molecule has 0 spiro atoms. The molecule has 0 unspecified atom stereocenters. The van der Waals surface area contributed by atoms with E-state index >= 15 is 0 Å². The first kappa shape index (κ1) is 26.4. The lowest BCUT2D eigenvalue weighted by Gasteiger charge is -2.26. The summed E-state index contributed by atoms with van der Waals surface area (Å²) in [4.78, 5) is 48.8. The summed E-state index contributed by atoms with van der Waals surface area (Å²) in [5.41, 5.74) is 3.70. The Morgan fingerprint density at radius 1 is 1.06 bits per heavy atom. The number of carboxylic acids is 1. The molecule has 0 radical (unpaired) electrons. The first-order valence-corrected chi connectivity index (χ1v) is 10.8. The molecule has 2 rings (SSSR count). The van der Waals surface area contributed by atoms with Crippen LogP contribution in [0.25, 0.3) is 6.08 Å². The van der Waals surface area contributed by atoms with Crippen molar-refractivity contribution in [3.63, 3.8) is 0 Å². The van der Waals surface area contributed by atoms with Crippen LogP contribution in [0.3, 0.4) is 0 Å². The van der Waals surface area contributed by atoms with E-state index in [1.807, 2.05) is 6.07 Å². The average molecular weight is 488 g/mol. The molecule has 1 atom stereocenters. The number of hydrogen-bond acceptors (Lipinski definition) is 5. The number of hydrazine groups is 1. The Bertz CT molecular complexity index is 1020. The molecule has 0 aromatic heterocycles. The van der Waals surface area contributed by atoms with Crippen molar-refractivity contribution in [1.29, 1.82) is 0 Å². The number of amides is 3. The molecule has 3 N–H and O–H groups in total. The number of nitrogens with zero attached hydrogens (tertiary/aromatic N) is 1. The van der Waals surface area contributed by atoms with Gasteiger partial charge < -0.3 is 15.2 Å². The predicted molar refractivity (Wildman–Crippen MR) is 126 cm³/mol. The molecular weight excluding hydrogens is 462 g/mol. The van der Waals surface area contributed by atoms with Crippen LogP contribution in [0, 0.1) is 5.92 Å². The first-order valence-electron chi connectivity index (χ1n) is 10.4. The quantitative estimate of drug-likeness (QED) is 0.368. The maximum Gasteiger partial charge on any atom is 0.408 e. The number of aliphatic carboxylic acids is 1. The molecule has 0 bridgehead atoms. The summed E-state index contributed by atoms with van der Waals surface area (Å²) in [6.07, 6.45) is 1.76. The Labute approximate surface area is 202 Å². The molecule has 0 aliphatic rings. The zero-order valence-corrected chi connectivity index (χ0v) is 19.5. The van der Waals surface area contributed by atoms with Gasteiger partial charge in [0.05, 0.1) is 0 Å². The minimum absolute atomic E-state index is 0.0121. The zero-order chi connectivity index (χ0) is 25.1. The molecule has 9 nitrogen and oxygen atoms in total. The highest BCUT2D eigenvalue weighted by atomic mass is 35.5. The van der Waals surface area contributed by atoms with E-state index in [4.69, 9.17) is 21.4 Å². The van der Waals surface area contributed by atoms with E-state index in [1.165, 1.54) is 6.08 Å². The standard InChI is InChI=1S/C24H26ClN3O6/c1-16(2)22(26-24(33)34-15-18-6-4-3-5-7-18)23(32)27-28(14-21(30)31)20(29)13-10-17-8-11-19(25)12-9-17/h3-13,16,22H,14-15H2,1-2H3,(H,26,33)(H,27,32)(H,30,31)/b13-10+/t22-/m0/s1. The van der Waals surface area contributed by atoms with E-state index in [2.05, 4.69) is 10.7 Å². The van der Waals surface area contributed by atoms with Crippen molar-refractivity contribution >= 4 is 41.6 Å². The van der Waals surface area contributed by atoms with Gasteiger partial charge in [0.25, 0.3) is 11.8 Å². The summed E-state index contributed by atoms with van der Waals surface area (Å²) in [5, 5.41) is 12.8. The molecule has 0 saturated carbocycles. The van der Waals surface area contributed by atoms with Crippen LogP contribution in [0.1, 0.15) is 25.0 Å². The zero-order valence-electron chi connectivity index (χ0n) is 18.7. The van der Waals surface area contributed by atoms with Crippen LogP contribution in [0.2, 0.25) is 5.02 Å². The lowest BCUT2D eigenvalue weighted by atomic mass is 10.0. The minimum Gasteiger partial charge on any atom is -0.480 e. The molecule has 2 aromatic rings. The maximum atomic E-state index is 12.8. The second-order valence-electron chi connectivity index (χ2n) is 7.61. The van der Waals surface area contributed by atoms with Crippen LogP contribution >= 0.6 is 11.6 Å². The smallest absolute Gasteiger partial charge is 0.408 e. The van der Waals surface area contributed by atoms with Gasteiger partial charge in [-0.1, -0.05) is 67.9 Å². The molecule has 0 saturated heterocycles. The Morgan fingerprint density at radius 3 is 2.29 bits per heavy atom. The van der Waals surface area contributed by atoms with Crippen molar-refractivity contribution in [1.82, 2.24) is 15.8 Å². The second kappa shape index (κ2) is 13.0. The van der Waals surface area contributed by atoms with E-state index in [0.717, 1.165) is 11.6 Å². The number of halogens is 1. The van der Waals surface area contributed by atoms with Crippen molar-refractivity contribution < 1.29 is 29.0 Å². The van der Waals surface area contributed by atoms with Gasteiger partial charge in [-0.3, -0.25) is 19.8 Å². The van der Waals surface area contributed by atoms with Gasteiger partial charge in [0, 0.05) is 11.1 Å². The van der Waals surface area contributed by atoms with Gasteiger partial charge in [-0.05, 0) is 35.3 Å². The molecule has 3 amide bonds. The summed E-state index contributed by atoms with van der Waals surface area (Å²) in [6.45, 7) is 2.61. The number of rotatable bonds is 9. The van der Waals surface area contributed by atoms with Crippen LogP contribution < -0.4 is 10.7 Å². The van der Waals surface area contributed by atoms with Crippen molar-refractivity contribution in [2.24, 2.45) is 5.92 Å². The third kappa shape index (κ3) is 8.95. The van der Waals surface area contributed by atoms with Crippen LogP contribution in [0.4, 0.5) is 4.79 Å². The van der Waals surface area contributed by atoms with Crippen molar-refractivity contribution in [2.45, 2.75) is 26.5 Å². The highest BCUT2D eigenvalue weighted by Gasteiger charge is 2.28. The van der Waals surface area contributed by atoms with Crippen LogP contribution in [0.5, 0.6) is 0 Å². The fourth-order valence-corrected chi connectivity index (χ4v) is 2.89. The Kier molecular flexibility index (Phi) is 10.1. The highest BCUT2D eigenvalue weighted by molar-refractivity contribution is 6.30. The molecule has 34 heavy (non-hydrogen) atoms. The number of carbonyl (C=O) groups is 4. The number of carbonyl (C=O) groups excluding carboxylic acids is 3. The van der Waals surface area contributed by atoms with E-state index < -0.39 is 36.5 Å². The van der Waals surface area contributed by atoms with Gasteiger partial charge in [0.2, 0.25) is 0 Å². The fraction of sp³-hybridized carbons (Fsp3) is 0.250. The molecule has 10 heteroatoms. The SMILES string of the molecule is CC(C)[C@H](NC(=O)OCc1ccccc1)C(=O)NN(CC(=O)O)C(=O)/C=C/c1ccc(Cl)cc1. The summed E-state index contributed by atoms with van der Waals surface area (Å²) < 4.78 is 5.15. The van der Waals surface area contributed by atoms with E-state index in [-0.39, 0.29) is 12.5 Å². The summed E-state index contributed by atoms with van der Waals surface area (Å²) in [5.74, 6) is -3.23. The lowest BCUT2D eigenvalue weighted by molar-refractivity contribution is -0.148. The van der Waals surface area contributed by atoms with E-state index in [1.54, 1.807) is 62.4 Å². The number of ether oxygens (including phenoxy) is 1. The number of alkyl carbamates (subject to hydrolysis) is 1. The average Bonchev–Trinajstić information content (AvgIpc) is 2.80. The number of carboxylic acid groups (broad SMARTS) is 1. The summed E-state index contributed by atoms with van der Waals surface area (Å²) >= 11 is 5.83.